The average Bonchev–Trinajstić information content (AvgIpc) is 3.50. The second-order valence-corrected chi connectivity index (χ2v) is 10.4. The predicted octanol–water partition coefficient (Wildman–Crippen LogP) is 4.92. The van der Waals surface area contributed by atoms with Gasteiger partial charge in [0.25, 0.3) is 0 Å². The van der Waals surface area contributed by atoms with Crippen molar-refractivity contribution in [1.82, 2.24) is 15.1 Å². The van der Waals surface area contributed by atoms with E-state index in [0.29, 0.717) is 36.0 Å². The Morgan fingerprint density at radius 2 is 2.03 bits per heavy atom. The van der Waals surface area contributed by atoms with Crippen molar-refractivity contribution in [2.75, 3.05) is 13.1 Å². The molecule has 6 rings (SSSR count). The molecule has 4 heteroatoms. The van der Waals surface area contributed by atoms with Crippen LogP contribution in [0.25, 0.3) is 0 Å². The van der Waals surface area contributed by atoms with Crippen molar-refractivity contribution in [3.05, 3.63) is 52.8 Å². The zero-order chi connectivity index (χ0) is 20.3. The highest BCUT2D eigenvalue weighted by molar-refractivity contribution is 5.76. The summed E-state index contributed by atoms with van der Waals surface area (Å²) in [6.45, 7) is 4.39. The number of amides is 1. The molecular weight excluding hydrogens is 370 g/mol. The third-order valence-corrected chi connectivity index (χ3v) is 9.06. The lowest BCUT2D eigenvalue weighted by molar-refractivity contribution is -0.130. The van der Waals surface area contributed by atoms with E-state index in [4.69, 9.17) is 5.10 Å². The van der Waals surface area contributed by atoms with Gasteiger partial charge in [-0.1, -0.05) is 31.2 Å². The quantitative estimate of drug-likeness (QED) is 0.790. The van der Waals surface area contributed by atoms with E-state index in [-0.39, 0.29) is 5.41 Å². The van der Waals surface area contributed by atoms with Gasteiger partial charge < -0.3 is 4.90 Å². The Bertz CT molecular complexity index is 959. The molecule has 0 spiro atoms. The molecule has 5 atom stereocenters. The lowest BCUT2D eigenvalue weighted by atomic mass is 9.53. The number of nitrogens with one attached hydrogen (secondary N) is 1. The van der Waals surface area contributed by atoms with E-state index < -0.39 is 0 Å². The normalized spacial score (nSPS) is 34.2. The molecule has 1 N–H and O–H groups in total. The number of aromatic amines is 1. The van der Waals surface area contributed by atoms with Crippen molar-refractivity contribution in [3.8, 4) is 0 Å². The first-order valence-electron chi connectivity index (χ1n) is 12.1. The molecule has 158 valence electrons. The molecule has 2 aromatic rings. The first-order chi connectivity index (χ1) is 14.7. The molecule has 4 aliphatic rings. The summed E-state index contributed by atoms with van der Waals surface area (Å²) in [4.78, 5) is 14.9. The second kappa shape index (κ2) is 6.96. The minimum Gasteiger partial charge on any atom is -0.343 e. The number of carbonyl (C=O) groups is 1. The highest BCUT2D eigenvalue weighted by Crippen LogP contribution is 2.64. The molecule has 1 aliphatic heterocycles. The summed E-state index contributed by atoms with van der Waals surface area (Å²) < 4.78 is 0. The Morgan fingerprint density at radius 3 is 2.90 bits per heavy atom. The summed E-state index contributed by atoms with van der Waals surface area (Å²) in [6.07, 6.45) is 11.1. The molecule has 1 amide bonds. The van der Waals surface area contributed by atoms with E-state index in [1.54, 1.807) is 11.1 Å². The monoisotopic (exact) mass is 403 g/mol. The molecule has 0 bridgehead atoms. The molecule has 30 heavy (non-hydrogen) atoms. The van der Waals surface area contributed by atoms with E-state index in [1.165, 1.54) is 49.8 Å². The first kappa shape index (κ1) is 18.7. The van der Waals surface area contributed by atoms with Crippen molar-refractivity contribution in [1.29, 1.82) is 0 Å². The molecule has 1 saturated carbocycles. The lowest BCUT2D eigenvalue weighted by Gasteiger charge is -2.50. The summed E-state index contributed by atoms with van der Waals surface area (Å²) in [5.74, 6) is 2.83. The number of rotatable bonds is 3. The molecule has 2 fully saturated rings. The molecular formula is C26H33N3O. The number of H-pyrrole nitrogens is 1. The standard InChI is InChI=1S/C26H33N3O/c1-26-13-12-19-18-7-3-2-6-17(18)8-9-20(19)24(26)21(22-16-27-28-25(22)26)10-11-23(30)29-14-4-5-15-29/h2-3,6-7,16,19-21,24H,4-5,8-15H2,1H3,(H,27,28)/t19?,20?,21-,24?,26+/m1/s1. The van der Waals surface area contributed by atoms with Crippen LogP contribution in [0.3, 0.4) is 0 Å². The maximum atomic E-state index is 12.8. The SMILES string of the molecule is C[C@]12CCC3c4ccccc4CCC3C1[C@H](CCC(=O)N1CCCC1)c1c[nH]nc12. The third kappa shape index (κ3) is 2.65. The third-order valence-electron chi connectivity index (χ3n) is 9.06. The van der Waals surface area contributed by atoms with Gasteiger partial charge in [-0.25, -0.2) is 0 Å². The van der Waals surface area contributed by atoms with Gasteiger partial charge in [-0.05, 0) is 85.3 Å². The molecule has 3 unspecified atom stereocenters. The number of fused-ring (bicyclic) bond motifs is 7. The van der Waals surface area contributed by atoms with Gasteiger partial charge >= 0.3 is 0 Å². The van der Waals surface area contributed by atoms with Crippen LogP contribution in [0.2, 0.25) is 0 Å². The minimum atomic E-state index is 0.157. The van der Waals surface area contributed by atoms with E-state index >= 15 is 0 Å². The van der Waals surface area contributed by atoms with E-state index in [2.05, 4.69) is 47.4 Å². The first-order valence-corrected chi connectivity index (χ1v) is 12.1. The van der Waals surface area contributed by atoms with E-state index in [9.17, 15) is 4.79 Å². The molecule has 2 heterocycles. The number of hydrogen-bond acceptors (Lipinski definition) is 2. The number of hydrogen-bond donors (Lipinski definition) is 1. The van der Waals surface area contributed by atoms with Gasteiger partial charge in [0.2, 0.25) is 5.91 Å². The van der Waals surface area contributed by atoms with Crippen molar-refractivity contribution < 1.29 is 4.79 Å². The second-order valence-electron chi connectivity index (χ2n) is 10.4. The zero-order valence-corrected chi connectivity index (χ0v) is 18.1. The van der Waals surface area contributed by atoms with Gasteiger partial charge in [-0.15, -0.1) is 0 Å². The summed E-state index contributed by atoms with van der Waals surface area (Å²) >= 11 is 0. The van der Waals surface area contributed by atoms with Crippen molar-refractivity contribution in [2.24, 2.45) is 11.8 Å². The zero-order valence-electron chi connectivity index (χ0n) is 18.1. The van der Waals surface area contributed by atoms with Gasteiger partial charge in [-0.2, -0.15) is 5.10 Å². The molecule has 1 aromatic carbocycles. The number of aryl methyl sites for hydroxylation is 1. The fourth-order valence-corrected chi connectivity index (χ4v) is 7.76. The topological polar surface area (TPSA) is 49.0 Å². The van der Waals surface area contributed by atoms with Crippen LogP contribution in [-0.4, -0.2) is 34.1 Å². The molecule has 3 aliphatic carbocycles. The molecule has 0 radical (unpaired) electrons. The number of carbonyl (C=O) groups excluding carboxylic acids is 1. The minimum absolute atomic E-state index is 0.157. The van der Waals surface area contributed by atoms with Crippen LogP contribution in [-0.2, 0) is 16.6 Å². The molecule has 1 aromatic heterocycles. The Labute approximate surface area is 179 Å². The van der Waals surface area contributed by atoms with Gasteiger partial charge in [0, 0.05) is 31.1 Å². The Balaban J connectivity index is 1.32. The van der Waals surface area contributed by atoms with Crippen molar-refractivity contribution in [2.45, 2.75) is 75.5 Å². The van der Waals surface area contributed by atoms with Crippen LogP contribution >= 0.6 is 0 Å². The van der Waals surface area contributed by atoms with Crippen LogP contribution in [0.4, 0.5) is 0 Å². The van der Waals surface area contributed by atoms with Gasteiger partial charge in [0.05, 0.1) is 5.69 Å². The Morgan fingerprint density at radius 1 is 1.20 bits per heavy atom. The summed E-state index contributed by atoms with van der Waals surface area (Å²) in [6, 6.07) is 9.14. The van der Waals surface area contributed by atoms with Crippen molar-refractivity contribution in [3.63, 3.8) is 0 Å². The summed E-state index contributed by atoms with van der Waals surface area (Å²) in [5.41, 5.74) is 6.05. The van der Waals surface area contributed by atoms with Crippen LogP contribution in [0.1, 0.15) is 86.1 Å². The maximum absolute atomic E-state index is 12.8. The molecule has 4 nitrogen and oxygen atoms in total. The number of nitrogens with zero attached hydrogens (tertiary/aromatic N) is 2. The van der Waals surface area contributed by atoms with Gasteiger partial charge in [-0.3, -0.25) is 9.89 Å². The van der Waals surface area contributed by atoms with E-state index in [0.717, 1.165) is 19.5 Å². The number of benzene rings is 1. The predicted molar refractivity (Wildman–Crippen MR) is 117 cm³/mol. The highest BCUT2D eigenvalue weighted by Gasteiger charge is 2.58. The van der Waals surface area contributed by atoms with E-state index in [1.807, 2.05) is 0 Å². The largest absolute Gasteiger partial charge is 0.343 e. The van der Waals surface area contributed by atoms with Crippen LogP contribution in [0.15, 0.2) is 30.5 Å². The van der Waals surface area contributed by atoms with Crippen LogP contribution < -0.4 is 0 Å². The van der Waals surface area contributed by atoms with Crippen molar-refractivity contribution >= 4 is 5.91 Å². The lowest BCUT2D eigenvalue weighted by Crippen LogP contribution is -2.44. The van der Waals surface area contributed by atoms with Crippen LogP contribution in [0, 0.1) is 11.8 Å². The average molecular weight is 404 g/mol. The van der Waals surface area contributed by atoms with Gasteiger partial charge in [0.1, 0.15) is 0 Å². The number of aromatic nitrogens is 2. The highest BCUT2D eigenvalue weighted by atomic mass is 16.2. The van der Waals surface area contributed by atoms with Crippen LogP contribution in [0.5, 0.6) is 0 Å². The smallest absolute Gasteiger partial charge is 0.222 e. The summed E-state index contributed by atoms with van der Waals surface area (Å²) in [7, 11) is 0. The fourth-order valence-electron chi connectivity index (χ4n) is 7.76. The fraction of sp³-hybridized carbons (Fsp3) is 0.615. The summed E-state index contributed by atoms with van der Waals surface area (Å²) in [5, 5.41) is 7.94. The van der Waals surface area contributed by atoms with Gasteiger partial charge in [0.15, 0.2) is 0 Å². The number of likely N-dealkylation sites (tertiary alicyclic amines) is 1. The maximum Gasteiger partial charge on any atom is 0.222 e. The Kier molecular flexibility index (Phi) is 4.33. The Hall–Kier alpha value is -2.10. The molecule has 1 saturated heterocycles.